The Morgan fingerprint density at radius 2 is 1.75 bits per heavy atom. The highest BCUT2D eigenvalue weighted by Crippen LogP contribution is 2.35. The Morgan fingerprint density at radius 1 is 1.15 bits per heavy atom. The quantitative estimate of drug-likeness (QED) is 0.917. The largest absolute Gasteiger partial charge is 0.491 e. The number of rotatable bonds is 3. The molecule has 1 aromatic carbocycles. The van der Waals surface area contributed by atoms with Gasteiger partial charge in [0.25, 0.3) is 0 Å². The van der Waals surface area contributed by atoms with Crippen LogP contribution in [0.1, 0.15) is 52.7 Å². The predicted octanol–water partition coefficient (Wildman–Crippen LogP) is 3.51. The van der Waals surface area contributed by atoms with Crippen molar-refractivity contribution >= 4 is 0 Å². The number of hydrogen-bond acceptors (Lipinski definition) is 3. The van der Waals surface area contributed by atoms with Crippen molar-refractivity contribution in [1.29, 1.82) is 5.26 Å². The van der Waals surface area contributed by atoms with Crippen LogP contribution in [0.2, 0.25) is 0 Å². The van der Waals surface area contributed by atoms with Crippen LogP contribution >= 0.6 is 0 Å². The maximum atomic E-state index is 8.74. The summed E-state index contributed by atoms with van der Waals surface area (Å²) in [6.45, 7) is 13.3. The molecule has 1 unspecified atom stereocenters. The first-order valence-corrected chi connectivity index (χ1v) is 6.98. The zero-order chi connectivity index (χ0) is 15.6. The summed E-state index contributed by atoms with van der Waals surface area (Å²) < 4.78 is 5.74. The number of ether oxygens (including phenoxy) is 1. The van der Waals surface area contributed by atoms with Crippen molar-refractivity contribution in [3.8, 4) is 11.8 Å². The molecule has 3 heteroatoms. The van der Waals surface area contributed by atoms with Gasteiger partial charge in [0.15, 0.2) is 0 Å². The van der Waals surface area contributed by atoms with E-state index < -0.39 is 6.04 Å². The molecule has 1 atom stereocenters. The third-order valence-electron chi connectivity index (χ3n) is 3.24. The molecule has 0 radical (unpaired) electrons. The smallest absolute Gasteiger partial charge is 0.127 e. The summed E-state index contributed by atoms with van der Waals surface area (Å²) in [6, 6.07) is 7.67. The van der Waals surface area contributed by atoms with E-state index in [9.17, 15) is 0 Å². The first-order chi connectivity index (χ1) is 9.05. The Labute approximate surface area is 122 Å². The number of nitrogens with zero attached hydrogens (tertiary/aromatic N) is 1. The fourth-order valence-electron chi connectivity index (χ4n) is 1.93. The van der Waals surface area contributed by atoms with Crippen molar-refractivity contribution in [1.82, 2.24) is 0 Å². The molecule has 110 valence electrons. The molecule has 2 N–H and O–H groups in total. The third kappa shape index (κ3) is 4.25. The standard InChI is InChI=1S/C17H26N2O/c1-16(2,3)12-7-8-15(20-11-13(19)10-18)14(9-12)17(4,5)6/h7-9,13H,11,19H2,1-6H3. The zero-order valence-corrected chi connectivity index (χ0v) is 13.4. The van der Waals surface area contributed by atoms with Gasteiger partial charge in [-0.1, -0.05) is 53.7 Å². The van der Waals surface area contributed by atoms with Gasteiger partial charge in [0.1, 0.15) is 18.4 Å². The van der Waals surface area contributed by atoms with E-state index in [0.717, 1.165) is 11.3 Å². The Kier molecular flexibility index (Phi) is 4.83. The summed E-state index contributed by atoms with van der Waals surface area (Å²) in [5.74, 6) is 0.816. The second-order valence-electron chi connectivity index (χ2n) is 7.26. The molecule has 0 aliphatic carbocycles. The molecule has 0 spiro atoms. The van der Waals surface area contributed by atoms with Gasteiger partial charge in [-0.15, -0.1) is 0 Å². The molecule has 0 heterocycles. The lowest BCUT2D eigenvalue weighted by Gasteiger charge is -2.27. The molecule has 0 aliphatic rings. The van der Waals surface area contributed by atoms with Crippen LogP contribution in [0.5, 0.6) is 5.75 Å². The van der Waals surface area contributed by atoms with Crippen LogP contribution in [0.3, 0.4) is 0 Å². The maximum Gasteiger partial charge on any atom is 0.127 e. The molecule has 0 amide bonds. The Hall–Kier alpha value is -1.53. The van der Waals surface area contributed by atoms with Crippen LogP contribution in [0.15, 0.2) is 18.2 Å². The van der Waals surface area contributed by atoms with Crippen molar-refractivity contribution in [2.75, 3.05) is 6.61 Å². The lowest BCUT2D eigenvalue weighted by atomic mass is 9.80. The molecule has 0 saturated heterocycles. The SMILES string of the molecule is CC(C)(C)c1ccc(OCC(N)C#N)c(C(C)(C)C)c1. The van der Waals surface area contributed by atoms with E-state index in [2.05, 4.69) is 53.7 Å². The van der Waals surface area contributed by atoms with Gasteiger partial charge < -0.3 is 10.5 Å². The van der Waals surface area contributed by atoms with Gasteiger partial charge in [0.2, 0.25) is 0 Å². The van der Waals surface area contributed by atoms with Crippen LogP contribution < -0.4 is 10.5 Å². The fraction of sp³-hybridized carbons (Fsp3) is 0.588. The Balaban J connectivity index is 3.16. The summed E-state index contributed by atoms with van der Waals surface area (Å²) in [5, 5.41) is 8.74. The molecular formula is C17H26N2O. The van der Waals surface area contributed by atoms with Crippen LogP contribution in [-0.2, 0) is 10.8 Å². The number of benzene rings is 1. The summed E-state index contributed by atoms with van der Waals surface area (Å²) in [5.41, 5.74) is 8.10. The van der Waals surface area contributed by atoms with Crippen molar-refractivity contribution in [3.05, 3.63) is 29.3 Å². The van der Waals surface area contributed by atoms with Gasteiger partial charge in [0.05, 0.1) is 6.07 Å². The van der Waals surface area contributed by atoms with Crippen LogP contribution in [-0.4, -0.2) is 12.6 Å². The molecule has 0 saturated carbocycles. The van der Waals surface area contributed by atoms with Crippen LogP contribution in [0.4, 0.5) is 0 Å². The van der Waals surface area contributed by atoms with Gasteiger partial charge in [-0.05, 0) is 28.0 Å². The van der Waals surface area contributed by atoms with E-state index in [1.54, 1.807) is 0 Å². The maximum absolute atomic E-state index is 8.74. The van der Waals surface area contributed by atoms with Crippen molar-refractivity contribution < 1.29 is 4.74 Å². The van der Waals surface area contributed by atoms with Gasteiger partial charge in [-0.3, -0.25) is 0 Å². The van der Waals surface area contributed by atoms with Crippen molar-refractivity contribution in [2.45, 2.75) is 58.4 Å². The van der Waals surface area contributed by atoms with Gasteiger partial charge >= 0.3 is 0 Å². The second kappa shape index (κ2) is 5.85. The molecule has 0 bridgehead atoms. The summed E-state index contributed by atoms with van der Waals surface area (Å²) in [4.78, 5) is 0. The highest BCUT2D eigenvalue weighted by Gasteiger charge is 2.23. The van der Waals surface area contributed by atoms with E-state index in [-0.39, 0.29) is 17.4 Å². The molecule has 0 aromatic heterocycles. The Morgan fingerprint density at radius 3 is 2.20 bits per heavy atom. The van der Waals surface area contributed by atoms with Gasteiger partial charge in [0, 0.05) is 0 Å². The highest BCUT2D eigenvalue weighted by molar-refractivity contribution is 5.43. The molecular weight excluding hydrogens is 248 g/mol. The van der Waals surface area contributed by atoms with Gasteiger partial charge in [-0.2, -0.15) is 5.26 Å². The van der Waals surface area contributed by atoms with Crippen LogP contribution in [0, 0.1) is 11.3 Å². The summed E-state index contributed by atoms with van der Waals surface area (Å²) in [7, 11) is 0. The molecule has 1 aromatic rings. The first-order valence-electron chi connectivity index (χ1n) is 6.98. The van der Waals surface area contributed by atoms with E-state index >= 15 is 0 Å². The normalized spacial score (nSPS) is 13.7. The minimum Gasteiger partial charge on any atom is -0.491 e. The molecule has 3 nitrogen and oxygen atoms in total. The van der Waals surface area contributed by atoms with E-state index in [1.807, 2.05) is 12.1 Å². The minimum absolute atomic E-state index is 0.0205. The fourth-order valence-corrected chi connectivity index (χ4v) is 1.93. The summed E-state index contributed by atoms with van der Waals surface area (Å²) in [6.07, 6.45) is 0. The predicted molar refractivity (Wildman–Crippen MR) is 82.9 cm³/mol. The molecule has 20 heavy (non-hydrogen) atoms. The number of nitrogens with two attached hydrogens (primary N) is 1. The van der Waals surface area contributed by atoms with Crippen molar-refractivity contribution in [2.24, 2.45) is 5.73 Å². The third-order valence-corrected chi connectivity index (χ3v) is 3.24. The monoisotopic (exact) mass is 274 g/mol. The zero-order valence-electron chi connectivity index (χ0n) is 13.4. The minimum atomic E-state index is -0.592. The van der Waals surface area contributed by atoms with E-state index in [4.69, 9.17) is 15.7 Å². The highest BCUT2D eigenvalue weighted by atomic mass is 16.5. The lowest BCUT2D eigenvalue weighted by molar-refractivity contribution is 0.300. The molecule has 0 fully saturated rings. The van der Waals surface area contributed by atoms with E-state index in [0.29, 0.717) is 0 Å². The number of hydrogen-bond donors (Lipinski definition) is 1. The van der Waals surface area contributed by atoms with Crippen LogP contribution in [0.25, 0.3) is 0 Å². The lowest BCUT2D eigenvalue weighted by Crippen LogP contribution is -2.27. The molecule has 0 aliphatic heterocycles. The summed E-state index contributed by atoms with van der Waals surface area (Å²) >= 11 is 0. The Bertz CT molecular complexity index is 501. The average Bonchev–Trinajstić information content (AvgIpc) is 2.33. The first kappa shape index (κ1) is 16.5. The second-order valence-corrected chi connectivity index (χ2v) is 7.26. The molecule has 1 rings (SSSR count). The average molecular weight is 274 g/mol. The number of nitriles is 1. The topological polar surface area (TPSA) is 59.0 Å². The van der Waals surface area contributed by atoms with Crippen molar-refractivity contribution in [3.63, 3.8) is 0 Å². The van der Waals surface area contributed by atoms with Gasteiger partial charge in [-0.25, -0.2) is 0 Å². The van der Waals surface area contributed by atoms with E-state index in [1.165, 1.54) is 5.56 Å².